The van der Waals surface area contributed by atoms with Crippen LogP contribution in [0.5, 0.6) is 0 Å². The van der Waals surface area contributed by atoms with Crippen LogP contribution < -0.4 is 16.1 Å². The molecule has 240 valence electrons. The topological polar surface area (TPSA) is 182 Å². The van der Waals surface area contributed by atoms with E-state index in [1.165, 1.54) is 13.4 Å². The molecule has 2 aromatic heterocycles. The number of carbonyl (C=O) groups is 2. The van der Waals surface area contributed by atoms with Gasteiger partial charge in [-0.3, -0.25) is 18.4 Å². The summed E-state index contributed by atoms with van der Waals surface area (Å²) in [5.41, 5.74) is 7.23. The minimum absolute atomic E-state index is 0.0126. The molecule has 3 aromatic rings. The summed E-state index contributed by atoms with van der Waals surface area (Å²) in [4.78, 5) is 36.7. The zero-order valence-electron chi connectivity index (χ0n) is 25.3. The second-order valence-electron chi connectivity index (χ2n) is 11.1. The Hall–Kier alpha value is -3.07. The van der Waals surface area contributed by atoms with Gasteiger partial charge >= 0.3 is 13.8 Å². The Balaban J connectivity index is 1.32. The monoisotopic (exact) mass is 649 g/mol. The largest absolute Gasteiger partial charge is 0.453 e. The maximum Gasteiger partial charge on any atom is 0.406 e. The van der Waals surface area contributed by atoms with Crippen molar-refractivity contribution in [3.63, 3.8) is 0 Å². The molecule has 1 saturated heterocycles. The SMILES string of the molecule is COC(=O)NCCC(C)(C)C(=O)SCCOP(=O)(NCc1ccccc1)OC[C@@H]1C[C@H](C)[C@H](n2cnc3c(N)ncnc32)O1. The van der Waals surface area contributed by atoms with Crippen molar-refractivity contribution < 1.29 is 32.7 Å². The van der Waals surface area contributed by atoms with Gasteiger partial charge in [-0.05, 0) is 18.4 Å². The highest BCUT2D eigenvalue weighted by Gasteiger charge is 2.37. The lowest BCUT2D eigenvalue weighted by Crippen LogP contribution is -2.31. The Morgan fingerprint density at radius 2 is 1.98 bits per heavy atom. The van der Waals surface area contributed by atoms with Crippen LogP contribution in [0, 0.1) is 11.3 Å². The van der Waals surface area contributed by atoms with Crippen LogP contribution in [0.15, 0.2) is 43.0 Å². The fourth-order valence-electron chi connectivity index (χ4n) is 4.65. The molecule has 1 aliphatic heterocycles. The maximum absolute atomic E-state index is 13.8. The molecular formula is C28H40N7O7PS. The van der Waals surface area contributed by atoms with Gasteiger partial charge in [0.1, 0.15) is 18.1 Å². The van der Waals surface area contributed by atoms with Crippen molar-refractivity contribution in [3.05, 3.63) is 48.5 Å². The number of fused-ring (bicyclic) bond motifs is 1. The number of thioether (sulfide) groups is 1. The zero-order valence-corrected chi connectivity index (χ0v) is 27.0. The lowest BCUT2D eigenvalue weighted by molar-refractivity contribution is -0.118. The highest BCUT2D eigenvalue weighted by Crippen LogP contribution is 2.46. The molecule has 1 fully saturated rings. The zero-order chi connectivity index (χ0) is 31.7. The first kappa shape index (κ1) is 33.8. The molecule has 4 atom stereocenters. The Morgan fingerprint density at radius 3 is 2.73 bits per heavy atom. The Morgan fingerprint density at radius 1 is 1.20 bits per heavy atom. The lowest BCUT2D eigenvalue weighted by atomic mass is 9.91. The van der Waals surface area contributed by atoms with E-state index < -0.39 is 19.3 Å². The number of carbonyl (C=O) groups excluding carboxylic acids is 2. The Bertz CT molecular complexity index is 1460. The van der Waals surface area contributed by atoms with Gasteiger partial charge in [-0.1, -0.05) is 62.9 Å². The van der Waals surface area contributed by atoms with Gasteiger partial charge in [-0.15, -0.1) is 0 Å². The van der Waals surface area contributed by atoms with Crippen LogP contribution in [0.2, 0.25) is 0 Å². The number of aromatic nitrogens is 4. The standard InChI is InChI=1S/C28H40N7O7PS/c1-19-14-21(42-25(19)35-18-33-22-23(29)31-17-32-24(22)35)16-41-43(38,34-15-20-8-6-5-7-9-20)40-12-13-44-26(36)28(2,3)10-11-30-27(37)39-4/h5-9,17-19,21,25H,10-16H2,1-4H3,(H,30,37)(H,34,38)(H2,29,31,32)/t19-,21-,25+,43?/m0/s1. The summed E-state index contributed by atoms with van der Waals surface area (Å²) in [6.07, 6.45) is 2.82. The number of methoxy groups -OCH3 is 1. The highest BCUT2D eigenvalue weighted by atomic mass is 32.2. The number of imidazole rings is 1. The van der Waals surface area contributed by atoms with E-state index in [1.54, 1.807) is 6.33 Å². The predicted octanol–water partition coefficient (Wildman–Crippen LogP) is 4.30. The first-order chi connectivity index (χ1) is 21.0. The van der Waals surface area contributed by atoms with Crippen molar-refractivity contribution in [1.82, 2.24) is 29.9 Å². The summed E-state index contributed by atoms with van der Waals surface area (Å²) >= 11 is 1.08. The average Bonchev–Trinajstić information content (AvgIpc) is 3.61. The summed E-state index contributed by atoms with van der Waals surface area (Å²) in [6.45, 7) is 6.26. The third kappa shape index (κ3) is 8.99. The number of nitrogens with zero attached hydrogens (tertiary/aromatic N) is 4. The number of nitrogens with one attached hydrogen (secondary N) is 2. The van der Waals surface area contributed by atoms with Crippen LogP contribution in [0.25, 0.3) is 11.2 Å². The van der Waals surface area contributed by atoms with Crippen LogP contribution in [-0.4, -0.2) is 69.5 Å². The van der Waals surface area contributed by atoms with Crippen molar-refractivity contribution >= 4 is 47.7 Å². The summed E-state index contributed by atoms with van der Waals surface area (Å²) in [7, 11) is -2.50. The number of benzene rings is 1. The lowest BCUT2D eigenvalue weighted by Gasteiger charge is -2.23. The minimum Gasteiger partial charge on any atom is -0.453 e. The third-order valence-electron chi connectivity index (χ3n) is 7.20. The Labute approximate surface area is 260 Å². The van der Waals surface area contributed by atoms with Crippen LogP contribution >= 0.6 is 19.5 Å². The number of nitrogens with two attached hydrogens (primary N) is 1. The van der Waals surface area contributed by atoms with Crippen molar-refractivity contribution in [2.75, 3.05) is 38.4 Å². The molecule has 1 amide bonds. The molecule has 16 heteroatoms. The van der Waals surface area contributed by atoms with E-state index in [0.29, 0.717) is 36.4 Å². The predicted molar refractivity (Wildman–Crippen MR) is 166 cm³/mol. The van der Waals surface area contributed by atoms with E-state index >= 15 is 0 Å². The number of alkyl carbamates (subject to hydrolysis) is 1. The molecule has 0 radical (unpaired) electrons. The first-order valence-electron chi connectivity index (χ1n) is 14.3. The summed E-state index contributed by atoms with van der Waals surface area (Å²) < 4.78 is 38.2. The maximum atomic E-state index is 13.8. The quantitative estimate of drug-likeness (QED) is 0.157. The second-order valence-corrected chi connectivity index (χ2v) is 14.0. The van der Waals surface area contributed by atoms with E-state index in [4.69, 9.17) is 19.5 Å². The number of rotatable bonds is 15. The number of hydrogen-bond donors (Lipinski definition) is 3. The summed E-state index contributed by atoms with van der Waals surface area (Å²) in [5, 5.41) is 5.46. The molecule has 0 bridgehead atoms. The molecule has 3 heterocycles. The van der Waals surface area contributed by atoms with Crippen LogP contribution in [0.3, 0.4) is 0 Å². The van der Waals surface area contributed by atoms with E-state index in [-0.39, 0.29) is 48.9 Å². The van der Waals surface area contributed by atoms with Gasteiger partial charge in [-0.25, -0.2) is 29.4 Å². The van der Waals surface area contributed by atoms with Gasteiger partial charge in [0.05, 0.1) is 32.8 Å². The second kappa shape index (κ2) is 15.3. The number of hydrogen-bond acceptors (Lipinski definition) is 12. The van der Waals surface area contributed by atoms with Crippen molar-refractivity contribution in [2.45, 2.75) is 52.5 Å². The van der Waals surface area contributed by atoms with E-state index in [9.17, 15) is 14.2 Å². The molecule has 1 unspecified atom stereocenters. The number of anilines is 1. The number of ether oxygens (including phenoxy) is 2. The highest BCUT2D eigenvalue weighted by molar-refractivity contribution is 8.13. The molecule has 0 saturated carbocycles. The minimum atomic E-state index is -3.79. The van der Waals surface area contributed by atoms with Gasteiger partial charge < -0.3 is 20.5 Å². The van der Waals surface area contributed by atoms with Crippen molar-refractivity contribution in [1.29, 1.82) is 0 Å². The molecule has 14 nitrogen and oxygen atoms in total. The normalized spacial score (nSPS) is 20.0. The third-order valence-corrected chi connectivity index (χ3v) is 9.94. The smallest absolute Gasteiger partial charge is 0.406 e. The Kier molecular flexibility index (Phi) is 11.7. The van der Waals surface area contributed by atoms with E-state index in [0.717, 1.165) is 17.3 Å². The fraction of sp³-hybridized carbons (Fsp3) is 0.536. The fourth-order valence-corrected chi connectivity index (χ4v) is 6.95. The van der Waals surface area contributed by atoms with Gasteiger partial charge in [0.15, 0.2) is 16.6 Å². The van der Waals surface area contributed by atoms with Crippen LogP contribution in [-0.2, 0) is 34.4 Å². The van der Waals surface area contributed by atoms with E-state index in [1.807, 2.05) is 55.7 Å². The summed E-state index contributed by atoms with van der Waals surface area (Å²) in [5.74, 6) is 0.648. The molecule has 1 aromatic carbocycles. The van der Waals surface area contributed by atoms with Gasteiger partial charge in [-0.2, -0.15) is 0 Å². The molecular weight excluding hydrogens is 609 g/mol. The molecule has 4 N–H and O–H groups in total. The number of nitrogen functional groups attached to an aromatic ring is 1. The molecule has 44 heavy (non-hydrogen) atoms. The molecule has 1 aliphatic rings. The summed E-state index contributed by atoms with van der Waals surface area (Å²) in [6, 6.07) is 9.49. The molecule has 0 aliphatic carbocycles. The number of amides is 1. The van der Waals surface area contributed by atoms with Gasteiger partial charge in [0.25, 0.3) is 0 Å². The van der Waals surface area contributed by atoms with Crippen molar-refractivity contribution in [3.8, 4) is 0 Å². The van der Waals surface area contributed by atoms with Gasteiger partial charge in [0.2, 0.25) is 0 Å². The molecule has 4 rings (SSSR count). The van der Waals surface area contributed by atoms with Crippen LogP contribution in [0.4, 0.5) is 10.6 Å². The van der Waals surface area contributed by atoms with Crippen LogP contribution in [0.1, 0.15) is 45.4 Å². The van der Waals surface area contributed by atoms with Crippen molar-refractivity contribution in [2.24, 2.45) is 11.3 Å². The first-order valence-corrected chi connectivity index (χ1v) is 16.8. The van der Waals surface area contributed by atoms with Gasteiger partial charge in [0, 0.05) is 30.2 Å². The average molecular weight is 650 g/mol. The molecule has 0 spiro atoms. The van der Waals surface area contributed by atoms with E-state index in [2.05, 4.69) is 30.1 Å².